The normalized spacial score (nSPS) is 10.5. The number of hydrogen-bond donors (Lipinski definition) is 0. The van der Waals surface area contributed by atoms with Gasteiger partial charge in [-0.2, -0.15) is 0 Å². The Kier molecular flexibility index (Phi) is 7.69. The Hall–Kier alpha value is -2.84. The molecule has 0 fully saturated rings. The Labute approximate surface area is 223 Å². The summed E-state index contributed by atoms with van der Waals surface area (Å²) in [5.74, 6) is 0. The molecular formula is C30H22Cl2N2Zr. The number of para-hydroxylation sites is 1. The Morgan fingerprint density at radius 1 is 0.657 bits per heavy atom. The van der Waals surface area contributed by atoms with E-state index in [1.807, 2.05) is 12.1 Å². The number of halogens is 2. The van der Waals surface area contributed by atoms with E-state index in [2.05, 4.69) is 131 Å². The van der Waals surface area contributed by atoms with Gasteiger partial charge in [0, 0.05) is 6.20 Å². The Morgan fingerprint density at radius 2 is 1.31 bits per heavy atom. The predicted molar refractivity (Wildman–Crippen MR) is 147 cm³/mol. The fourth-order valence-electron chi connectivity index (χ4n) is 4.44. The zero-order valence-corrected chi connectivity index (χ0v) is 22.8. The van der Waals surface area contributed by atoms with Crippen LogP contribution in [0.4, 0.5) is 0 Å². The SMILES string of the molecule is [Cl][Zr+2][Cl].c1ccc2[cH-]c(-n3ccc4ccccc43)cc2c1.c1ccc2c(c1)cc[c-]2-n1cccc1. The van der Waals surface area contributed by atoms with Crippen molar-refractivity contribution in [1.82, 2.24) is 9.13 Å². The summed E-state index contributed by atoms with van der Waals surface area (Å²) >= 11 is -0.826. The number of rotatable bonds is 2. The van der Waals surface area contributed by atoms with Crippen molar-refractivity contribution in [3.8, 4) is 11.4 Å². The van der Waals surface area contributed by atoms with Crippen LogP contribution in [-0.4, -0.2) is 9.13 Å². The Bertz CT molecular complexity index is 1620. The molecule has 5 heteroatoms. The van der Waals surface area contributed by atoms with Crippen molar-refractivity contribution in [3.05, 3.63) is 134 Å². The third-order valence-corrected chi connectivity index (χ3v) is 6.02. The molecule has 0 unspecified atom stereocenters. The second kappa shape index (κ2) is 11.3. The van der Waals surface area contributed by atoms with Crippen molar-refractivity contribution in [2.75, 3.05) is 0 Å². The van der Waals surface area contributed by atoms with Gasteiger partial charge in [0.25, 0.3) is 0 Å². The summed E-state index contributed by atoms with van der Waals surface area (Å²) in [6, 6.07) is 40.4. The van der Waals surface area contributed by atoms with E-state index in [1.54, 1.807) is 0 Å². The van der Waals surface area contributed by atoms with Crippen LogP contribution in [0.1, 0.15) is 0 Å². The first kappa shape index (κ1) is 23.9. The molecule has 7 rings (SSSR count). The van der Waals surface area contributed by atoms with Crippen molar-refractivity contribution in [1.29, 1.82) is 0 Å². The summed E-state index contributed by atoms with van der Waals surface area (Å²) in [6.45, 7) is 0. The minimum atomic E-state index is -0.826. The molecule has 0 aliphatic rings. The summed E-state index contributed by atoms with van der Waals surface area (Å²) in [5.41, 5.74) is 3.75. The van der Waals surface area contributed by atoms with E-state index in [1.165, 1.54) is 43.8 Å². The van der Waals surface area contributed by atoms with E-state index in [4.69, 9.17) is 17.0 Å². The first-order chi connectivity index (χ1) is 17.3. The van der Waals surface area contributed by atoms with E-state index in [-0.39, 0.29) is 0 Å². The summed E-state index contributed by atoms with van der Waals surface area (Å²) < 4.78 is 4.39. The molecule has 2 nitrogen and oxygen atoms in total. The van der Waals surface area contributed by atoms with Gasteiger partial charge in [-0.15, -0.1) is 53.2 Å². The molecule has 35 heavy (non-hydrogen) atoms. The molecule has 2 aromatic heterocycles. The molecule has 170 valence electrons. The van der Waals surface area contributed by atoms with E-state index in [0.29, 0.717) is 0 Å². The average molecular weight is 573 g/mol. The Morgan fingerprint density at radius 3 is 2.09 bits per heavy atom. The fourth-order valence-corrected chi connectivity index (χ4v) is 4.44. The number of hydrogen-bond acceptors (Lipinski definition) is 0. The molecule has 0 radical (unpaired) electrons. The summed E-state index contributed by atoms with van der Waals surface area (Å²) in [4.78, 5) is 0. The molecule has 0 atom stereocenters. The number of aromatic nitrogens is 2. The van der Waals surface area contributed by atoms with Gasteiger partial charge in [0.2, 0.25) is 0 Å². The third-order valence-electron chi connectivity index (χ3n) is 6.02. The maximum Gasteiger partial charge on any atom is 0.0511 e. The molecule has 0 aliphatic carbocycles. The van der Waals surface area contributed by atoms with Crippen LogP contribution >= 0.6 is 17.0 Å². The predicted octanol–water partition coefficient (Wildman–Crippen LogP) is 9.23. The van der Waals surface area contributed by atoms with Gasteiger partial charge in [0.05, 0.1) is 5.52 Å². The van der Waals surface area contributed by atoms with Crippen LogP contribution in [0.3, 0.4) is 0 Å². The molecule has 0 N–H and O–H groups in total. The van der Waals surface area contributed by atoms with Crippen LogP contribution in [-0.2, 0) is 20.8 Å². The van der Waals surface area contributed by atoms with Crippen LogP contribution in [0.15, 0.2) is 134 Å². The zero-order chi connectivity index (χ0) is 24.0. The van der Waals surface area contributed by atoms with Gasteiger partial charge in [-0.25, -0.2) is 0 Å². The zero-order valence-electron chi connectivity index (χ0n) is 18.9. The molecule has 0 aliphatic heterocycles. The van der Waals surface area contributed by atoms with Crippen molar-refractivity contribution >= 4 is 49.5 Å². The molecule has 0 bridgehead atoms. The second-order valence-electron chi connectivity index (χ2n) is 8.05. The monoisotopic (exact) mass is 570 g/mol. The topological polar surface area (TPSA) is 9.86 Å². The van der Waals surface area contributed by atoms with Crippen LogP contribution in [0, 0.1) is 0 Å². The van der Waals surface area contributed by atoms with Crippen LogP contribution < -0.4 is 0 Å². The molecular weight excluding hydrogens is 550 g/mol. The maximum absolute atomic E-state index is 4.93. The smallest absolute Gasteiger partial charge is 0.0511 e. The van der Waals surface area contributed by atoms with Crippen LogP contribution in [0.5, 0.6) is 0 Å². The molecule has 2 heterocycles. The van der Waals surface area contributed by atoms with Gasteiger partial charge in [0.15, 0.2) is 0 Å². The van der Waals surface area contributed by atoms with Crippen molar-refractivity contribution in [2.45, 2.75) is 0 Å². The Balaban J connectivity index is 0.000000134. The summed E-state index contributed by atoms with van der Waals surface area (Å²) in [7, 11) is 9.87. The molecule has 0 saturated heterocycles. The van der Waals surface area contributed by atoms with Crippen molar-refractivity contribution in [3.63, 3.8) is 0 Å². The molecule has 0 saturated carbocycles. The van der Waals surface area contributed by atoms with Gasteiger partial charge < -0.3 is 9.13 Å². The van der Waals surface area contributed by atoms with Gasteiger partial charge in [-0.05, 0) is 41.3 Å². The van der Waals surface area contributed by atoms with E-state index in [9.17, 15) is 0 Å². The van der Waals surface area contributed by atoms with Crippen molar-refractivity contribution in [2.24, 2.45) is 0 Å². The first-order valence-electron chi connectivity index (χ1n) is 11.2. The molecule has 7 aromatic rings. The largest absolute Gasteiger partial charge is 0.403 e. The molecule has 5 aromatic carbocycles. The molecule has 0 amide bonds. The van der Waals surface area contributed by atoms with Crippen LogP contribution in [0.25, 0.3) is 43.8 Å². The summed E-state index contributed by atoms with van der Waals surface area (Å²) in [5, 5.41) is 6.48. The standard InChI is InChI=1S/C17H12N.C13H10N.2ClH.Zr/c1-2-7-15-12-16(11-14(15)6-1)18-10-9-13-5-3-4-8-17(13)18;1-2-6-12-11(5-1)7-8-13(12)14-9-3-4-10-14;;;/h1-12H;1-10H;2*1H;/q2*-1;;;+4/p-2. The third kappa shape index (κ3) is 5.23. The first-order valence-corrected chi connectivity index (χ1v) is 17.6. The molecule has 0 spiro atoms. The van der Waals surface area contributed by atoms with E-state index in [0.717, 1.165) is 0 Å². The quantitative estimate of drug-likeness (QED) is 0.183. The number of benzene rings is 3. The fraction of sp³-hybridized carbons (Fsp3) is 0. The second-order valence-corrected chi connectivity index (χ2v) is 11.8. The maximum atomic E-state index is 4.93. The minimum absolute atomic E-state index is 0.826. The van der Waals surface area contributed by atoms with E-state index >= 15 is 0 Å². The van der Waals surface area contributed by atoms with Gasteiger partial charge in [-0.3, -0.25) is 0 Å². The average Bonchev–Trinajstić information content (AvgIpc) is 3.69. The number of fused-ring (bicyclic) bond motifs is 3. The van der Waals surface area contributed by atoms with Gasteiger partial charge in [-0.1, -0.05) is 71.4 Å². The van der Waals surface area contributed by atoms with Gasteiger partial charge in [0.1, 0.15) is 0 Å². The number of nitrogens with zero attached hydrogens (tertiary/aromatic N) is 2. The van der Waals surface area contributed by atoms with Crippen molar-refractivity contribution < 1.29 is 20.8 Å². The van der Waals surface area contributed by atoms with Gasteiger partial charge >= 0.3 is 37.9 Å². The van der Waals surface area contributed by atoms with Crippen LogP contribution in [0.2, 0.25) is 0 Å². The minimum Gasteiger partial charge on any atom is -0.403 e. The van der Waals surface area contributed by atoms with E-state index < -0.39 is 20.8 Å². The summed E-state index contributed by atoms with van der Waals surface area (Å²) in [6.07, 6.45) is 6.28.